The fourth-order valence-electron chi connectivity index (χ4n) is 4.95. The molecule has 0 saturated carbocycles. The molecule has 1 heterocycles. The third-order valence-electron chi connectivity index (χ3n) is 7.04. The number of hydrogen-bond acceptors (Lipinski definition) is 3. The largest absolute Gasteiger partial charge is 0.501 e. The lowest BCUT2D eigenvalue weighted by Crippen LogP contribution is -2.46. The predicted molar refractivity (Wildman–Crippen MR) is 155 cm³/mol. The minimum Gasteiger partial charge on any atom is -0.374 e. The van der Waals surface area contributed by atoms with Crippen LogP contribution in [-0.4, -0.2) is 28.6 Å². The maximum absolute atomic E-state index is 5.99. The zero-order chi connectivity index (χ0) is 26.2. The van der Waals surface area contributed by atoms with E-state index in [-0.39, 0.29) is 0 Å². The fraction of sp³-hybridized carbons (Fsp3) is 0.839. The topological polar surface area (TPSA) is 31.6 Å². The first kappa shape index (κ1) is 33.3. The average molecular weight is 523 g/mol. The second-order valence-corrected chi connectivity index (χ2v) is 13.0. The quantitative estimate of drug-likeness (QED) is 0.0692. The lowest BCUT2D eigenvalue weighted by molar-refractivity contribution is -0.697. The van der Waals surface area contributed by atoms with Crippen molar-refractivity contribution < 1.29 is 17.8 Å². The van der Waals surface area contributed by atoms with E-state index in [1.165, 1.54) is 108 Å². The first-order valence-corrected chi connectivity index (χ1v) is 17.5. The van der Waals surface area contributed by atoms with Gasteiger partial charge in [0.1, 0.15) is 6.54 Å². The van der Waals surface area contributed by atoms with Gasteiger partial charge in [0.2, 0.25) is 0 Å². The van der Waals surface area contributed by atoms with E-state index in [0.29, 0.717) is 19.8 Å². The summed E-state index contributed by atoms with van der Waals surface area (Å²) >= 11 is 0. The molecule has 210 valence electrons. The van der Waals surface area contributed by atoms with E-state index < -0.39 is 8.80 Å². The molecule has 0 fully saturated rings. The van der Waals surface area contributed by atoms with Gasteiger partial charge in [-0.3, -0.25) is 0 Å². The SMILES string of the molecule is CCCCCCCCCCCCCCCCCC[n+]1ccc(CC[Si](OCC)(OCC)OCC)cc1. The monoisotopic (exact) mass is 522 g/mol. The highest BCUT2D eigenvalue weighted by atomic mass is 28.4. The summed E-state index contributed by atoms with van der Waals surface area (Å²) in [4.78, 5) is 0. The minimum atomic E-state index is -2.55. The Balaban J connectivity index is 2.05. The molecule has 0 radical (unpaired) electrons. The smallest absolute Gasteiger partial charge is 0.374 e. The summed E-state index contributed by atoms with van der Waals surface area (Å²) < 4.78 is 20.3. The van der Waals surface area contributed by atoms with Crippen LogP contribution in [0.15, 0.2) is 24.5 Å². The number of pyridine rings is 1. The minimum absolute atomic E-state index is 0.639. The summed E-state index contributed by atoms with van der Waals surface area (Å²) in [7, 11) is -2.55. The van der Waals surface area contributed by atoms with Crippen molar-refractivity contribution in [3.63, 3.8) is 0 Å². The summed E-state index contributed by atoms with van der Waals surface area (Å²) in [6.45, 7) is 11.4. The molecule has 0 spiro atoms. The number of nitrogens with zero attached hydrogens (tertiary/aromatic N) is 1. The Labute approximate surface area is 225 Å². The number of unbranched alkanes of at least 4 members (excludes halogenated alkanes) is 15. The van der Waals surface area contributed by atoms with Crippen LogP contribution in [0.5, 0.6) is 0 Å². The van der Waals surface area contributed by atoms with Crippen LogP contribution in [0.4, 0.5) is 0 Å². The average Bonchev–Trinajstić information content (AvgIpc) is 2.88. The van der Waals surface area contributed by atoms with E-state index in [2.05, 4.69) is 36.0 Å². The standard InChI is InChI=1S/C31H60NO3Si/c1-5-9-10-11-12-13-14-15-16-17-18-19-20-21-22-23-27-32-28-24-31(25-29-32)26-30-36(33-6-2,34-7-3)35-8-4/h24-25,28-29H,5-23,26-27,30H2,1-4H3/q+1. The number of hydrogen-bond donors (Lipinski definition) is 0. The van der Waals surface area contributed by atoms with Crippen LogP contribution in [0.3, 0.4) is 0 Å². The van der Waals surface area contributed by atoms with Crippen LogP contribution >= 0.6 is 0 Å². The molecule has 0 aliphatic rings. The lowest BCUT2D eigenvalue weighted by atomic mass is 10.0. The molecule has 36 heavy (non-hydrogen) atoms. The summed E-state index contributed by atoms with van der Waals surface area (Å²) in [5.41, 5.74) is 1.33. The van der Waals surface area contributed by atoms with Crippen molar-refractivity contribution in [3.8, 4) is 0 Å². The van der Waals surface area contributed by atoms with Gasteiger partial charge in [-0.2, -0.15) is 0 Å². The zero-order valence-corrected chi connectivity index (χ0v) is 25.5. The van der Waals surface area contributed by atoms with Gasteiger partial charge in [0.15, 0.2) is 12.4 Å². The molecule has 0 unspecified atom stereocenters. The molecular weight excluding hydrogens is 462 g/mol. The molecule has 0 aliphatic carbocycles. The fourth-order valence-corrected chi connectivity index (χ4v) is 7.54. The Morgan fingerprint density at radius 3 is 1.33 bits per heavy atom. The molecule has 1 aromatic heterocycles. The second-order valence-electron chi connectivity index (χ2n) is 10.2. The maximum atomic E-state index is 5.99. The van der Waals surface area contributed by atoms with E-state index >= 15 is 0 Å². The zero-order valence-electron chi connectivity index (χ0n) is 24.5. The Hall–Kier alpha value is -0.753. The van der Waals surface area contributed by atoms with Gasteiger partial charge in [0.05, 0.1) is 0 Å². The van der Waals surface area contributed by atoms with Crippen LogP contribution in [0.2, 0.25) is 6.04 Å². The van der Waals surface area contributed by atoms with Crippen molar-refractivity contribution in [2.75, 3.05) is 19.8 Å². The van der Waals surface area contributed by atoms with Crippen molar-refractivity contribution in [2.24, 2.45) is 0 Å². The molecule has 0 aromatic carbocycles. The first-order chi connectivity index (χ1) is 17.7. The molecule has 0 bridgehead atoms. The van der Waals surface area contributed by atoms with Gasteiger partial charge >= 0.3 is 8.80 Å². The van der Waals surface area contributed by atoms with E-state index in [9.17, 15) is 0 Å². The van der Waals surface area contributed by atoms with E-state index in [4.69, 9.17) is 13.3 Å². The molecule has 0 atom stereocenters. The van der Waals surface area contributed by atoms with Crippen molar-refractivity contribution in [1.82, 2.24) is 0 Å². The molecular formula is C31H60NO3Si+. The molecule has 1 rings (SSSR count). The van der Waals surface area contributed by atoms with Crippen LogP contribution in [0, 0.1) is 0 Å². The van der Waals surface area contributed by atoms with Crippen LogP contribution < -0.4 is 4.57 Å². The number of aromatic nitrogens is 1. The van der Waals surface area contributed by atoms with Gasteiger partial charge in [-0.05, 0) is 39.2 Å². The highest BCUT2D eigenvalue weighted by molar-refractivity contribution is 6.60. The highest BCUT2D eigenvalue weighted by Crippen LogP contribution is 2.19. The summed E-state index contributed by atoms with van der Waals surface area (Å²) in [6.07, 6.45) is 28.1. The summed E-state index contributed by atoms with van der Waals surface area (Å²) in [6, 6.07) is 5.33. The van der Waals surface area contributed by atoms with Crippen LogP contribution in [-0.2, 0) is 26.2 Å². The Bertz CT molecular complexity index is 579. The molecule has 0 N–H and O–H groups in total. The van der Waals surface area contributed by atoms with Crippen LogP contribution in [0.1, 0.15) is 136 Å². The Kier molecular flexibility index (Phi) is 21.6. The van der Waals surface area contributed by atoms with Crippen molar-refractivity contribution in [1.29, 1.82) is 0 Å². The van der Waals surface area contributed by atoms with Gasteiger partial charge in [0.25, 0.3) is 0 Å². The molecule has 4 nitrogen and oxygen atoms in total. The molecule has 0 aliphatic heterocycles. The van der Waals surface area contributed by atoms with Crippen molar-refractivity contribution in [3.05, 3.63) is 30.1 Å². The summed E-state index contributed by atoms with van der Waals surface area (Å²) in [5, 5.41) is 0. The van der Waals surface area contributed by atoms with Gasteiger partial charge < -0.3 is 13.3 Å². The number of rotatable bonds is 26. The highest BCUT2D eigenvalue weighted by Gasteiger charge is 2.39. The first-order valence-electron chi connectivity index (χ1n) is 15.6. The van der Waals surface area contributed by atoms with Gasteiger partial charge in [-0.25, -0.2) is 4.57 Å². The number of aryl methyl sites for hydroxylation is 2. The second kappa shape index (κ2) is 23.4. The molecule has 0 saturated heterocycles. The van der Waals surface area contributed by atoms with Gasteiger partial charge in [-0.15, -0.1) is 0 Å². The Morgan fingerprint density at radius 2 is 0.944 bits per heavy atom. The predicted octanol–water partition coefficient (Wildman–Crippen LogP) is 8.83. The van der Waals surface area contributed by atoms with E-state index in [0.717, 1.165) is 19.0 Å². The van der Waals surface area contributed by atoms with Gasteiger partial charge in [-0.1, -0.05) is 96.8 Å². The van der Waals surface area contributed by atoms with Crippen LogP contribution in [0.25, 0.3) is 0 Å². The summed E-state index contributed by atoms with van der Waals surface area (Å²) in [5.74, 6) is 0. The molecule has 0 amide bonds. The van der Waals surface area contributed by atoms with Crippen molar-refractivity contribution in [2.45, 2.75) is 149 Å². The van der Waals surface area contributed by atoms with E-state index in [1.54, 1.807) is 0 Å². The third kappa shape index (κ3) is 16.9. The van der Waals surface area contributed by atoms with E-state index in [1.807, 2.05) is 20.8 Å². The molecule has 1 aromatic rings. The maximum Gasteiger partial charge on any atom is 0.501 e. The normalized spacial score (nSPS) is 11.9. The Morgan fingerprint density at radius 1 is 0.556 bits per heavy atom. The third-order valence-corrected chi connectivity index (χ3v) is 10.1. The van der Waals surface area contributed by atoms with Crippen molar-refractivity contribution >= 4 is 8.80 Å². The van der Waals surface area contributed by atoms with Gasteiger partial charge in [0, 0.05) is 44.4 Å². The molecule has 5 heteroatoms. The lowest BCUT2D eigenvalue weighted by Gasteiger charge is -2.28.